The molecule has 2 heterocycles. The number of hydrogen-bond donors (Lipinski definition) is 1. The van der Waals surface area contributed by atoms with Crippen molar-refractivity contribution in [2.24, 2.45) is 5.10 Å². The van der Waals surface area contributed by atoms with Gasteiger partial charge in [-0.2, -0.15) is 5.10 Å². The first kappa shape index (κ1) is 16.6. The second-order valence-electron chi connectivity index (χ2n) is 5.83. The van der Waals surface area contributed by atoms with Crippen molar-refractivity contribution in [1.82, 2.24) is 15.0 Å². The van der Waals surface area contributed by atoms with Crippen LogP contribution in [0.2, 0.25) is 0 Å². The Morgan fingerprint density at radius 1 is 1.08 bits per heavy atom. The molecule has 0 atom stereocenters. The van der Waals surface area contributed by atoms with Crippen molar-refractivity contribution in [3.05, 3.63) is 83.4 Å². The number of rotatable bonds is 4. The van der Waals surface area contributed by atoms with Crippen LogP contribution in [0.15, 0.2) is 66.0 Å². The Bertz CT molecular complexity index is 912. The van der Waals surface area contributed by atoms with Crippen molar-refractivity contribution in [3.63, 3.8) is 0 Å². The second kappa shape index (κ2) is 7.13. The fraction of sp³-hybridized carbons (Fsp3) is 0.150. The fourth-order valence-corrected chi connectivity index (χ4v) is 2.82. The molecule has 0 spiro atoms. The molecule has 0 aliphatic rings. The number of amides is 1. The van der Waals surface area contributed by atoms with Crippen LogP contribution < -0.4 is 5.43 Å². The summed E-state index contributed by atoms with van der Waals surface area (Å²) in [7, 11) is 0. The van der Waals surface area contributed by atoms with Crippen LogP contribution in [-0.2, 0) is 0 Å². The Labute approximate surface area is 147 Å². The number of nitrogens with zero attached hydrogens (tertiary/aromatic N) is 3. The standard InChI is InChI=1S/C20H20N4O/c1-14-13-19(16(3)24(14)18-7-5-4-6-8-18)20(25)23-22-15(2)17-9-11-21-12-10-17/h4-13H,1-3H3,(H,23,25)/b22-15+. The number of nitrogens with one attached hydrogen (secondary N) is 1. The van der Waals surface area contributed by atoms with Gasteiger partial charge in [0.25, 0.3) is 5.91 Å². The van der Waals surface area contributed by atoms with E-state index in [0.717, 1.165) is 28.4 Å². The van der Waals surface area contributed by atoms with E-state index in [0.29, 0.717) is 5.56 Å². The van der Waals surface area contributed by atoms with Gasteiger partial charge in [-0.1, -0.05) is 18.2 Å². The predicted molar refractivity (Wildman–Crippen MR) is 99.2 cm³/mol. The summed E-state index contributed by atoms with van der Waals surface area (Å²) >= 11 is 0. The van der Waals surface area contributed by atoms with E-state index in [4.69, 9.17) is 0 Å². The fourth-order valence-electron chi connectivity index (χ4n) is 2.82. The maximum absolute atomic E-state index is 12.6. The normalized spacial score (nSPS) is 11.4. The number of aryl methyl sites for hydroxylation is 1. The Hall–Kier alpha value is -3.21. The summed E-state index contributed by atoms with van der Waals surface area (Å²) in [4.78, 5) is 16.5. The first-order valence-corrected chi connectivity index (χ1v) is 8.07. The SMILES string of the molecule is C/C(=N\NC(=O)c1cc(C)n(-c2ccccc2)c1C)c1ccncc1. The van der Waals surface area contributed by atoms with Crippen LogP contribution in [-0.4, -0.2) is 21.2 Å². The van der Waals surface area contributed by atoms with Gasteiger partial charge in [0.15, 0.2) is 0 Å². The number of benzene rings is 1. The lowest BCUT2D eigenvalue weighted by molar-refractivity contribution is 0.0954. The van der Waals surface area contributed by atoms with Gasteiger partial charge in [0.2, 0.25) is 0 Å². The highest BCUT2D eigenvalue weighted by atomic mass is 16.2. The Kier molecular flexibility index (Phi) is 4.75. The van der Waals surface area contributed by atoms with Crippen molar-refractivity contribution in [2.45, 2.75) is 20.8 Å². The van der Waals surface area contributed by atoms with Crippen molar-refractivity contribution >= 4 is 11.6 Å². The monoisotopic (exact) mass is 332 g/mol. The maximum Gasteiger partial charge on any atom is 0.273 e. The molecule has 0 unspecified atom stereocenters. The van der Waals surface area contributed by atoms with Gasteiger partial charge in [-0.05, 0) is 51.1 Å². The molecule has 3 rings (SSSR count). The third-order valence-electron chi connectivity index (χ3n) is 4.11. The quantitative estimate of drug-likeness (QED) is 0.586. The first-order valence-electron chi connectivity index (χ1n) is 8.07. The van der Waals surface area contributed by atoms with E-state index in [9.17, 15) is 4.79 Å². The molecule has 1 N–H and O–H groups in total. The highest BCUT2D eigenvalue weighted by Crippen LogP contribution is 2.20. The largest absolute Gasteiger partial charge is 0.318 e. The zero-order valence-electron chi connectivity index (χ0n) is 14.5. The molecule has 1 amide bonds. The number of pyridine rings is 1. The summed E-state index contributed by atoms with van der Waals surface area (Å²) in [5, 5.41) is 4.20. The number of hydrogen-bond acceptors (Lipinski definition) is 3. The highest BCUT2D eigenvalue weighted by Gasteiger charge is 2.16. The van der Waals surface area contributed by atoms with Gasteiger partial charge in [0.05, 0.1) is 11.3 Å². The molecule has 3 aromatic rings. The van der Waals surface area contributed by atoms with E-state index in [1.807, 2.05) is 69.3 Å². The topological polar surface area (TPSA) is 59.3 Å². The van der Waals surface area contributed by atoms with Crippen LogP contribution in [0.5, 0.6) is 0 Å². The lowest BCUT2D eigenvalue weighted by Gasteiger charge is -2.09. The third kappa shape index (κ3) is 3.50. The number of aromatic nitrogens is 2. The summed E-state index contributed by atoms with van der Waals surface area (Å²) in [6, 6.07) is 15.6. The Balaban J connectivity index is 1.84. The molecule has 0 aliphatic heterocycles. The molecule has 5 nitrogen and oxygen atoms in total. The summed E-state index contributed by atoms with van der Waals surface area (Å²) in [6.45, 7) is 5.78. The molecule has 25 heavy (non-hydrogen) atoms. The zero-order valence-corrected chi connectivity index (χ0v) is 14.5. The highest BCUT2D eigenvalue weighted by molar-refractivity contribution is 6.01. The molecule has 0 saturated heterocycles. The summed E-state index contributed by atoms with van der Waals surface area (Å²) in [6.07, 6.45) is 3.40. The molecular formula is C20H20N4O. The molecule has 0 aliphatic carbocycles. The second-order valence-corrected chi connectivity index (χ2v) is 5.83. The van der Waals surface area contributed by atoms with Crippen LogP contribution in [0, 0.1) is 13.8 Å². The van der Waals surface area contributed by atoms with E-state index in [1.54, 1.807) is 12.4 Å². The molecule has 5 heteroatoms. The summed E-state index contributed by atoms with van der Waals surface area (Å²) in [5.41, 5.74) is 7.84. The number of para-hydroxylation sites is 1. The number of carbonyl (C=O) groups excluding carboxylic acids is 1. The predicted octanol–water partition coefficient (Wildman–Crippen LogP) is 3.64. The average Bonchev–Trinajstić information content (AvgIpc) is 2.95. The lowest BCUT2D eigenvalue weighted by Crippen LogP contribution is -2.20. The van der Waals surface area contributed by atoms with Crippen molar-refractivity contribution in [3.8, 4) is 5.69 Å². The average molecular weight is 332 g/mol. The van der Waals surface area contributed by atoms with Gasteiger partial charge in [-0.3, -0.25) is 9.78 Å². The van der Waals surface area contributed by atoms with Crippen LogP contribution in [0.3, 0.4) is 0 Å². The van der Waals surface area contributed by atoms with Crippen molar-refractivity contribution in [2.75, 3.05) is 0 Å². The van der Waals surface area contributed by atoms with Gasteiger partial charge < -0.3 is 4.57 Å². The number of carbonyl (C=O) groups is 1. The van der Waals surface area contributed by atoms with E-state index in [2.05, 4.69) is 20.1 Å². The van der Waals surface area contributed by atoms with Crippen LogP contribution in [0.25, 0.3) is 5.69 Å². The van der Waals surface area contributed by atoms with E-state index >= 15 is 0 Å². The van der Waals surface area contributed by atoms with E-state index < -0.39 is 0 Å². The molecule has 0 fully saturated rings. The maximum atomic E-state index is 12.6. The van der Waals surface area contributed by atoms with Gasteiger partial charge in [0.1, 0.15) is 0 Å². The number of hydrazone groups is 1. The van der Waals surface area contributed by atoms with Gasteiger partial charge in [0, 0.05) is 35.0 Å². The Morgan fingerprint density at radius 2 is 1.76 bits per heavy atom. The minimum Gasteiger partial charge on any atom is -0.318 e. The van der Waals surface area contributed by atoms with Crippen LogP contribution in [0.1, 0.15) is 34.2 Å². The van der Waals surface area contributed by atoms with Crippen molar-refractivity contribution < 1.29 is 4.79 Å². The first-order chi connectivity index (χ1) is 12.1. The smallest absolute Gasteiger partial charge is 0.273 e. The summed E-state index contributed by atoms with van der Waals surface area (Å²) < 4.78 is 2.06. The molecule has 0 bridgehead atoms. The Morgan fingerprint density at radius 3 is 2.44 bits per heavy atom. The molecule has 0 saturated carbocycles. The minimum atomic E-state index is -0.219. The molecule has 126 valence electrons. The molecule has 0 radical (unpaired) electrons. The van der Waals surface area contributed by atoms with Gasteiger partial charge >= 0.3 is 0 Å². The third-order valence-corrected chi connectivity index (χ3v) is 4.11. The minimum absolute atomic E-state index is 0.219. The summed E-state index contributed by atoms with van der Waals surface area (Å²) in [5.74, 6) is -0.219. The molecular weight excluding hydrogens is 312 g/mol. The van der Waals surface area contributed by atoms with Gasteiger partial charge in [-0.15, -0.1) is 0 Å². The molecule has 1 aromatic carbocycles. The van der Waals surface area contributed by atoms with Crippen LogP contribution >= 0.6 is 0 Å². The van der Waals surface area contributed by atoms with E-state index in [1.165, 1.54) is 0 Å². The van der Waals surface area contributed by atoms with Crippen molar-refractivity contribution in [1.29, 1.82) is 0 Å². The molecule has 2 aromatic heterocycles. The van der Waals surface area contributed by atoms with E-state index in [-0.39, 0.29) is 5.91 Å². The lowest BCUT2D eigenvalue weighted by atomic mass is 10.2. The van der Waals surface area contributed by atoms with Crippen LogP contribution in [0.4, 0.5) is 0 Å². The zero-order chi connectivity index (χ0) is 17.8. The van der Waals surface area contributed by atoms with Gasteiger partial charge in [-0.25, -0.2) is 5.43 Å².